The monoisotopic (exact) mass is 324 g/mol. The first-order chi connectivity index (χ1) is 10.6. The molecule has 0 bridgehead atoms. The Morgan fingerprint density at radius 1 is 1.23 bits per heavy atom. The number of benzene rings is 1. The van der Waals surface area contributed by atoms with Gasteiger partial charge in [0.25, 0.3) is 0 Å². The van der Waals surface area contributed by atoms with E-state index in [1.54, 1.807) is 6.07 Å². The Hall–Kier alpha value is -1.40. The van der Waals surface area contributed by atoms with Crippen LogP contribution in [0, 0.1) is 11.7 Å². The lowest BCUT2D eigenvalue weighted by Crippen LogP contribution is -2.26. The van der Waals surface area contributed by atoms with Crippen LogP contribution in [0.25, 0.3) is 10.9 Å². The third kappa shape index (κ3) is 3.50. The van der Waals surface area contributed by atoms with E-state index in [4.69, 9.17) is 0 Å². The van der Waals surface area contributed by atoms with Crippen molar-refractivity contribution in [3.8, 4) is 0 Å². The molecule has 1 fully saturated rings. The van der Waals surface area contributed by atoms with Gasteiger partial charge in [-0.25, -0.2) is 12.8 Å². The van der Waals surface area contributed by atoms with Gasteiger partial charge in [-0.15, -0.1) is 0 Å². The molecule has 6 heteroatoms. The number of hydrogen-bond acceptors (Lipinski definition) is 3. The van der Waals surface area contributed by atoms with Gasteiger partial charge < -0.3 is 10.3 Å². The number of aromatic amines is 1. The topological polar surface area (TPSA) is 62.0 Å². The zero-order valence-electron chi connectivity index (χ0n) is 12.4. The van der Waals surface area contributed by atoms with Gasteiger partial charge in [-0.3, -0.25) is 0 Å². The average molecular weight is 324 g/mol. The van der Waals surface area contributed by atoms with Crippen LogP contribution in [0.2, 0.25) is 0 Å². The Bertz CT molecular complexity index is 741. The van der Waals surface area contributed by atoms with E-state index in [-0.39, 0.29) is 5.82 Å². The molecule has 0 amide bonds. The standard InChI is InChI=1S/C16H21FN2O2S/c17-15-2-1-13-4-8-19-16(13)14(15)11-18-7-3-12-5-9-22(20,21)10-6-12/h1-2,4,8,12,18-19H,3,5-7,9-11H2. The molecule has 2 aromatic rings. The lowest BCUT2D eigenvalue weighted by Gasteiger charge is -2.21. The number of fused-ring (bicyclic) bond motifs is 1. The van der Waals surface area contributed by atoms with Crippen LogP contribution in [0.4, 0.5) is 4.39 Å². The molecule has 1 aromatic heterocycles. The molecule has 0 atom stereocenters. The molecule has 4 nitrogen and oxygen atoms in total. The van der Waals surface area contributed by atoms with Crippen LogP contribution in [0.5, 0.6) is 0 Å². The highest BCUT2D eigenvalue weighted by Crippen LogP contribution is 2.22. The number of H-pyrrole nitrogens is 1. The zero-order chi connectivity index (χ0) is 15.6. The highest BCUT2D eigenvalue weighted by molar-refractivity contribution is 7.91. The second-order valence-corrected chi connectivity index (χ2v) is 8.33. The number of aromatic nitrogens is 1. The molecule has 0 unspecified atom stereocenters. The van der Waals surface area contributed by atoms with Crippen molar-refractivity contribution in [1.82, 2.24) is 10.3 Å². The first-order valence-corrected chi connectivity index (χ1v) is 9.53. The summed E-state index contributed by atoms with van der Waals surface area (Å²) in [5.41, 5.74) is 1.50. The van der Waals surface area contributed by atoms with Crippen LogP contribution in [0.3, 0.4) is 0 Å². The van der Waals surface area contributed by atoms with Gasteiger partial charge in [-0.2, -0.15) is 0 Å². The molecule has 0 aliphatic carbocycles. The van der Waals surface area contributed by atoms with Gasteiger partial charge in [0.2, 0.25) is 0 Å². The van der Waals surface area contributed by atoms with Crippen LogP contribution in [0.1, 0.15) is 24.8 Å². The van der Waals surface area contributed by atoms with E-state index in [1.807, 2.05) is 12.3 Å². The number of nitrogens with one attached hydrogen (secondary N) is 2. The fraction of sp³-hybridized carbons (Fsp3) is 0.500. The molecule has 0 spiro atoms. The molecule has 3 rings (SSSR count). The van der Waals surface area contributed by atoms with Crippen LogP contribution >= 0.6 is 0 Å². The largest absolute Gasteiger partial charge is 0.361 e. The van der Waals surface area contributed by atoms with Gasteiger partial charge >= 0.3 is 0 Å². The molecule has 22 heavy (non-hydrogen) atoms. The summed E-state index contributed by atoms with van der Waals surface area (Å²) in [7, 11) is -2.79. The fourth-order valence-electron chi connectivity index (χ4n) is 3.08. The molecule has 1 saturated heterocycles. The van der Waals surface area contributed by atoms with Crippen LogP contribution in [-0.4, -0.2) is 31.5 Å². The van der Waals surface area contributed by atoms with E-state index in [1.165, 1.54) is 6.07 Å². The minimum atomic E-state index is -2.79. The maximum atomic E-state index is 13.9. The van der Waals surface area contributed by atoms with Crippen molar-refractivity contribution in [2.45, 2.75) is 25.8 Å². The van der Waals surface area contributed by atoms with Crippen molar-refractivity contribution in [2.75, 3.05) is 18.1 Å². The van der Waals surface area contributed by atoms with Gasteiger partial charge in [0.15, 0.2) is 0 Å². The number of halogens is 1. The summed E-state index contributed by atoms with van der Waals surface area (Å²) in [6.45, 7) is 1.26. The smallest absolute Gasteiger partial charge is 0.150 e. The van der Waals surface area contributed by atoms with Crippen LogP contribution in [-0.2, 0) is 16.4 Å². The molecular formula is C16H21FN2O2S. The summed E-state index contributed by atoms with van der Waals surface area (Å²) in [6, 6.07) is 5.20. The Morgan fingerprint density at radius 3 is 2.77 bits per heavy atom. The van der Waals surface area contributed by atoms with Gasteiger partial charge in [-0.1, -0.05) is 0 Å². The average Bonchev–Trinajstić information content (AvgIpc) is 2.95. The fourth-order valence-corrected chi connectivity index (χ4v) is 4.67. The SMILES string of the molecule is O=S1(=O)CCC(CCNCc2c(F)ccc3cc[nH]c23)CC1. The first-order valence-electron chi connectivity index (χ1n) is 7.71. The summed E-state index contributed by atoms with van der Waals surface area (Å²) in [6.07, 6.45) is 4.27. The van der Waals surface area contributed by atoms with Crippen molar-refractivity contribution in [2.24, 2.45) is 5.92 Å². The van der Waals surface area contributed by atoms with Crippen molar-refractivity contribution < 1.29 is 12.8 Å². The maximum absolute atomic E-state index is 13.9. The Balaban J connectivity index is 1.51. The predicted molar refractivity (Wildman–Crippen MR) is 86.0 cm³/mol. The minimum Gasteiger partial charge on any atom is -0.361 e. The maximum Gasteiger partial charge on any atom is 0.150 e. The van der Waals surface area contributed by atoms with Crippen LogP contribution in [0.15, 0.2) is 24.4 Å². The van der Waals surface area contributed by atoms with Gasteiger partial charge in [0, 0.05) is 18.3 Å². The van der Waals surface area contributed by atoms with E-state index in [2.05, 4.69) is 10.3 Å². The molecule has 1 aliphatic rings. The lowest BCUT2D eigenvalue weighted by molar-refractivity contribution is 0.421. The molecule has 1 aliphatic heterocycles. The summed E-state index contributed by atoms with van der Waals surface area (Å²) in [5, 5.41) is 4.29. The minimum absolute atomic E-state index is 0.203. The Labute approximate surface area is 130 Å². The molecule has 0 saturated carbocycles. The quantitative estimate of drug-likeness (QED) is 0.831. The van der Waals surface area contributed by atoms with E-state index < -0.39 is 9.84 Å². The van der Waals surface area contributed by atoms with E-state index >= 15 is 0 Å². The molecule has 2 N–H and O–H groups in total. The van der Waals surface area contributed by atoms with Gasteiger partial charge in [0.1, 0.15) is 15.7 Å². The molecular weight excluding hydrogens is 303 g/mol. The molecule has 0 radical (unpaired) electrons. The summed E-state index contributed by atoms with van der Waals surface area (Å²) in [4.78, 5) is 3.08. The molecule has 1 aromatic carbocycles. The van der Waals surface area contributed by atoms with E-state index in [0.717, 1.165) is 36.7 Å². The van der Waals surface area contributed by atoms with Crippen molar-refractivity contribution >= 4 is 20.7 Å². The van der Waals surface area contributed by atoms with Gasteiger partial charge in [0.05, 0.1) is 17.0 Å². The second-order valence-electron chi connectivity index (χ2n) is 6.03. The highest BCUT2D eigenvalue weighted by Gasteiger charge is 2.23. The lowest BCUT2D eigenvalue weighted by atomic mass is 9.99. The summed E-state index contributed by atoms with van der Waals surface area (Å²) < 4.78 is 36.7. The van der Waals surface area contributed by atoms with Crippen molar-refractivity contribution in [1.29, 1.82) is 0 Å². The second kappa shape index (κ2) is 6.38. The Kier molecular flexibility index (Phi) is 4.49. The number of rotatable bonds is 5. The van der Waals surface area contributed by atoms with Crippen molar-refractivity contribution in [3.05, 3.63) is 35.8 Å². The normalized spacial score (nSPS) is 18.8. The third-order valence-corrected chi connectivity index (χ3v) is 6.20. The predicted octanol–water partition coefficient (Wildman–Crippen LogP) is 2.61. The van der Waals surface area contributed by atoms with Crippen molar-refractivity contribution in [3.63, 3.8) is 0 Å². The highest BCUT2D eigenvalue weighted by atomic mass is 32.2. The van der Waals surface area contributed by atoms with Gasteiger partial charge in [-0.05, 0) is 55.3 Å². The summed E-state index contributed by atoms with van der Waals surface area (Å²) in [5.74, 6) is 0.885. The molecule has 2 heterocycles. The molecule has 120 valence electrons. The summed E-state index contributed by atoms with van der Waals surface area (Å²) >= 11 is 0. The van der Waals surface area contributed by atoms with Crippen LogP contribution < -0.4 is 5.32 Å². The first kappa shape index (κ1) is 15.5. The zero-order valence-corrected chi connectivity index (χ0v) is 13.3. The van der Waals surface area contributed by atoms with E-state index in [9.17, 15) is 12.8 Å². The third-order valence-electron chi connectivity index (χ3n) is 4.48. The number of hydrogen-bond donors (Lipinski definition) is 2. The Morgan fingerprint density at radius 2 is 2.00 bits per heavy atom. The number of sulfone groups is 1. The van der Waals surface area contributed by atoms with E-state index in [0.29, 0.717) is 29.5 Å².